The zero-order chi connectivity index (χ0) is 21.4. The number of benzene rings is 2. The first-order chi connectivity index (χ1) is 14.4. The average molecular weight is 429 g/mol. The molecule has 0 spiro atoms. The fourth-order valence-corrected chi connectivity index (χ4v) is 4.69. The highest BCUT2D eigenvalue weighted by molar-refractivity contribution is 7.99. The summed E-state index contributed by atoms with van der Waals surface area (Å²) in [6.45, 7) is 1.17. The van der Waals surface area contributed by atoms with E-state index in [0.29, 0.717) is 29.4 Å². The van der Waals surface area contributed by atoms with E-state index in [1.165, 1.54) is 17.8 Å². The van der Waals surface area contributed by atoms with Crippen LogP contribution in [0.4, 0.5) is 0 Å². The lowest BCUT2D eigenvalue weighted by molar-refractivity contribution is 0.0630. The Kier molecular flexibility index (Phi) is 5.64. The smallest absolute Gasteiger partial charge is 0.197 e. The molecular formula is C22H23NO6S. The van der Waals surface area contributed by atoms with Crippen LogP contribution in [0.2, 0.25) is 0 Å². The van der Waals surface area contributed by atoms with Gasteiger partial charge in [-0.3, -0.25) is 4.79 Å². The van der Waals surface area contributed by atoms with Crippen molar-refractivity contribution in [1.29, 1.82) is 0 Å². The van der Waals surface area contributed by atoms with Crippen LogP contribution in [0.3, 0.4) is 0 Å². The van der Waals surface area contributed by atoms with E-state index < -0.39 is 17.5 Å². The number of ether oxygens (including phenoxy) is 1. The van der Waals surface area contributed by atoms with Crippen molar-refractivity contribution in [3.63, 3.8) is 0 Å². The Morgan fingerprint density at radius 2 is 1.90 bits per heavy atom. The van der Waals surface area contributed by atoms with Gasteiger partial charge in [0.1, 0.15) is 28.2 Å². The van der Waals surface area contributed by atoms with Gasteiger partial charge < -0.3 is 29.4 Å². The van der Waals surface area contributed by atoms with Gasteiger partial charge in [0.2, 0.25) is 0 Å². The number of hydrogen-bond donors (Lipinski definition) is 3. The van der Waals surface area contributed by atoms with Crippen LogP contribution in [0.1, 0.15) is 17.9 Å². The highest BCUT2D eigenvalue weighted by Gasteiger charge is 2.33. The molecule has 0 radical (unpaired) electrons. The Labute approximate surface area is 177 Å². The van der Waals surface area contributed by atoms with Crippen molar-refractivity contribution in [1.82, 2.24) is 4.90 Å². The first-order valence-electron chi connectivity index (χ1n) is 9.58. The maximum atomic E-state index is 12.8. The highest BCUT2D eigenvalue weighted by atomic mass is 32.2. The summed E-state index contributed by atoms with van der Waals surface area (Å²) in [4.78, 5) is 15.6. The number of hydrogen-bond acceptors (Lipinski definition) is 8. The molecule has 30 heavy (non-hydrogen) atoms. The maximum absolute atomic E-state index is 12.8. The number of aliphatic hydroxyl groups is 1. The van der Waals surface area contributed by atoms with E-state index in [1.807, 2.05) is 24.1 Å². The number of aromatic hydroxyl groups is 2. The predicted octanol–water partition coefficient (Wildman–Crippen LogP) is 3.14. The molecule has 2 heterocycles. The van der Waals surface area contributed by atoms with Gasteiger partial charge in [-0.2, -0.15) is 0 Å². The van der Waals surface area contributed by atoms with E-state index in [0.717, 1.165) is 17.5 Å². The molecule has 3 aromatic rings. The Balaban J connectivity index is 1.82. The molecule has 1 aliphatic rings. The first-order valence-corrected chi connectivity index (χ1v) is 10.4. The van der Waals surface area contributed by atoms with Crippen LogP contribution < -0.4 is 10.2 Å². The molecule has 3 N–H and O–H groups in total. The van der Waals surface area contributed by atoms with Gasteiger partial charge in [-0.15, -0.1) is 0 Å². The first kappa shape index (κ1) is 20.6. The Hall–Kier alpha value is -2.68. The minimum Gasteiger partial charge on any atom is -0.507 e. The van der Waals surface area contributed by atoms with Crippen molar-refractivity contribution in [3.05, 3.63) is 52.2 Å². The van der Waals surface area contributed by atoms with Gasteiger partial charge in [0, 0.05) is 35.1 Å². The second-order valence-electron chi connectivity index (χ2n) is 7.46. The zero-order valence-electron chi connectivity index (χ0n) is 16.7. The minimum absolute atomic E-state index is 0.00742. The molecule has 2 aromatic carbocycles. The summed E-state index contributed by atoms with van der Waals surface area (Å²) in [5.41, 5.74) is 0.0655. The molecule has 1 aliphatic heterocycles. The average Bonchev–Trinajstić information content (AvgIpc) is 2.69. The van der Waals surface area contributed by atoms with Gasteiger partial charge in [0.15, 0.2) is 10.5 Å². The fraction of sp³-hybridized carbons (Fsp3) is 0.318. The molecule has 1 saturated heterocycles. The highest BCUT2D eigenvalue weighted by Crippen LogP contribution is 2.43. The second kappa shape index (κ2) is 8.22. The lowest BCUT2D eigenvalue weighted by Crippen LogP contribution is -2.40. The van der Waals surface area contributed by atoms with Crippen molar-refractivity contribution >= 4 is 22.7 Å². The summed E-state index contributed by atoms with van der Waals surface area (Å²) >= 11 is 1.25. The summed E-state index contributed by atoms with van der Waals surface area (Å²) in [7, 11) is 3.50. The Morgan fingerprint density at radius 1 is 1.17 bits per heavy atom. The number of fused-ring (bicyclic) bond motifs is 1. The number of methoxy groups -OCH3 is 1. The van der Waals surface area contributed by atoms with Crippen LogP contribution in [0.15, 0.2) is 55.6 Å². The predicted molar refractivity (Wildman–Crippen MR) is 114 cm³/mol. The number of phenols is 2. The minimum atomic E-state index is -0.731. The Bertz CT molecular complexity index is 1130. The third kappa shape index (κ3) is 3.86. The normalized spacial score (nSPS) is 19.8. The fourth-order valence-electron chi connectivity index (χ4n) is 3.90. The van der Waals surface area contributed by atoms with Crippen LogP contribution in [-0.4, -0.2) is 53.6 Å². The van der Waals surface area contributed by atoms with Crippen LogP contribution in [0.25, 0.3) is 11.0 Å². The molecule has 0 amide bonds. The van der Waals surface area contributed by atoms with Gasteiger partial charge >= 0.3 is 0 Å². The molecule has 0 bridgehead atoms. The molecule has 1 fully saturated rings. The summed E-state index contributed by atoms with van der Waals surface area (Å²) in [5, 5.41) is 31.8. The van der Waals surface area contributed by atoms with Crippen LogP contribution in [0.5, 0.6) is 17.2 Å². The summed E-state index contributed by atoms with van der Waals surface area (Å²) in [6, 6.07) is 9.77. The van der Waals surface area contributed by atoms with Crippen molar-refractivity contribution in [2.45, 2.75) is 28.4 Å². The molecule has 0 unspecified atom stereocenters. The van der Waals surface area contributed by atoms with Crippen molar-refractivity contribution in [2.75, 3.05) is 27.2 Å². The van der Waals surface area contributed by atoms with E-state index in [4.69, 9.17) is 9.15 Å². The zero-order valence-corrected chi connectivity index (χ0v) is 17.5. The standard InChI is InChI=1S/C22H23NO6S/c1-23-8-7-14(18(27)11-23)20-15(24)9-16(25)21-17(26)10-19(29-22(20)21)30-13-5-3-12(28-2)4-6-13/h3-6,9-10,14,18,24-25,27H,7-8,11H2,1-2H3/t14-,18+/m0/s1. The van der Waals surface area contributed by atoms with E-state index in [-0.39, 0.29) is 22.5 Å². The quantitative estimate of drug-likeness (QED) is 0.581. The SMILES string of the molecule is COc1ccc(Sc2cc(=O)c3c(O)cc(O)c([C@H]4CCN(C)C[C@H]4O)c3o2)cc1. The second-order valence-corrected chi connectivity index (χ2v) is 8.54. The third-order valence-corrected chi connectivity index (χ3v) is 6.32. The van der Waals surface area contributed by atoms with Crippen LogP contribution >= 0.6 is 11.8 Å². The molecule has 8 heteroatoms. The number of β-amino-alcohol motifs (C(OH)–C–C–N with tert-alkyl or cyclic N) is 1. The molecule has 158 valence electrons. The van der Waals surface area contributed by atoms with Crippen LogP contribution in [-0.2, 0) is 0 Å². The maximum Gasteiger partial charge on any atom is 0.197 e. The largest absolute Gasteiger partial charge is 0.507 e. The molecule has 0 aliphatic carbocycles. The molecule has 1 aromatic heterocycles. The molecule has 4 rings (SSSR count). The summed E-state index contributed by atoms with van der Waals surface area (Å²) < 4.78 is 11.2. The van der Waals surface area contributed by atoms with Crippen LogP contribution in [0, 0.1) is 0 Å². The third-order valence-electron chi connectivity index (χ3n) is 5.41. The number of likely N-dealkylation sites (tertiary alicyclic amines) is 1. The Morgan fingerprint density at radius 3 is 2.57 bits per heavy atom. The monoisotopic (exact) mass is 429 g/mol. The lowest BCUT2D eigenvalue weighted by Gasteiger charge is -2.34. The molecule has 0 saturated carbocycles. The summed E-state index contributed by atoms with van der Waals surface area (Å²) in [6.07, 6.45) is -0.143. The number of likely N-dealkylation sites (N-methyl/N-ethyl adjacent to an activating group) is 1. The van der Waals surface area contributed by atoms with Gasteiger partial charge in [0.25, 0.3) is 0 Å². The topological polar surface area (TPSA) is 103 Å². The number of aliphatic hydroxyl groups excluding tert-OH is 1. The van der Waals surface area contributed by atoms with Crippen molar-refractivity contribution < 1.29 is 24.5 Å². The molecule has 7 nitrogen and oxygen atoms in total. The van der Waals surface area contributed by atoms with E-state index in [1.54, 1.807) is 19.2 Å². The molecule has 2 atom stereocenters. The van der Waals surface area contributed by atoms with E-state index in [2.05, 4.69) is 0 Å². The van der Waals surface area contributed by atoms with Gasteiger partial charge in [-0.25, -0.2) is 0 Å². The van der Waals surface area contributed by atoms with Crippen molar-refractivity contribution in [3.8, 4) is 17.2 Å². The number of rotatable bonds is 4. The number of phenolic OH excluding ortho intramolecular Hbond substituents is 2. The lowest BCUT2D eigenvalue weighted by atomic mass is 9.85. The number of piperidine rings is 1. The van der Waals surface area contributed by atoms with Crippen molar-refractivity contribution in [2.24, 2.45) is 0 Å². The van der Waals surface area contributed by atoms with Gasteiger partial charge in [-0.1, -0.05) is 11.8 Å². The molecular weight excluding hydrogens is 406 g/mol. The van der Waals surface area contributed by atoms with E-state index >= 15 is 0 Å². The number of nitrogens with zero attached hydrogens (tertiary/aromatic N) is 1. The van der Waals surface area contributed by atoms with E-state index in [9.17, 15) is 20.1 Å². The van der Waals surface area contributed by atoms with Gasteiger partial charge in [-0.05, 0) is 44.3 Å². The van der Waals surface area contributed by atoms with Gasteiger partial charge in [0.05, 0.1) is 13.2 Å². The summed E-state index contributed by atoms with van der Waals surface area (Å²) in [5.74, 6) is -0.229.